The van der Waals surface area contributed by atoms with E-state index in [4.69, 9.17) is 5.11 Å². The second-order valence-corrected chi connectivity index (χ2v) is 3.28. The van der Waals surface area contributed by atoms with Gasteiger partial charge in [-0.3, -0.25) is 4.79 Å². The van der Waals surface area contributed by atoms with Gasteiger partial charge in [0.1, 0.15) is 6.04 Å². The molecule has 0 bridgehead atoms. The van der Waals surface area contributed by atoms with Gasteiger partial charge < -0.3 is 10.0 Å². The molecule has 0 spiro atoms. The Morgan fingerprint density at radius 3 is 1.92 bits per heavy atom. The van der Waals surface area contributed by atoms with Crippen molar-refractivity contribution in [2.75, 3.05) is 0 Å². The van der Waals surface area contributed by atoms with Gasteiger partial charge in [-0.1, -0.05) is 6.92 Å². The van der Waals surface area contributed by atoms with Crippen LogP contribution in [0.4, 0.5) is 0 Å². The lowest BCUT2D eigenvalue weighted by atomic mass is 10.1. The molecule has 0 aliphatic carbocycles. The maximum atomic E-state index is 11.2. The van der Waals surface area contributed by atoms with E-state index in [2.05, 4.69) is 0 Å². The molecular weight excluding hydrogens is 170 g/mol. The van der Waals surface area contributed by atoms with E-state index >= 15 is 0 Å². The van der Waals surface area contributed by atoms with Crippen LogP contribution in [-0.2, 0) is 9.59 Å². The Morgan fingerprint density at radius 1 is 1.38 bits per heavy atom. The van der Waals surface area contributed by atoms with Gasteiger partial charge in [0.05, 0.1) is 0 Å². The van der Waals surface area contributed by atoms with Gasteiger partial charge in [-0.25, -0.2) is 4.79 Å². The minimum atomic E-state index is -0.939. The molecule has 4 nitrogen and oxygen atoms in total. The lowest BCUT2D eigenvalue weighted by Crippen LogP contribution is -2.47. The average Bonchev–Trinajstić information content (AvgIpc) is 1.97. The Kier molecular flexibility index (Phi) is 4.45. The van der Waals surface area contributed by atoms with Crippen LogP contribution >= 0.6 is 0 Å². The molecule has 13 heavy (non-hydrogen) atoms. The molecule has 1 unspecified atom stereocenters. The van der Waals surface area contributed by atoms with Crippen molar-refractivity contribution in [3.05, 3.63) is 0 Å². The molecule has 0 saturated carbocycles. The number of carboxylic acids is 1. The first-order chi connectivity index (χ1) is 5.91. The predicted octanol–water partition coefficient (Wildman–Crippen LogP) is 1.11. The molecule has 0 aromatic rings. The summed E-state index contributed by atoms with van der Waals surface area (Å²) in [6, 6.07) is -0.768. The summed E-state index contributed by atoms with van der Waals surface area (Å²) in [7, 11) is 0. The fourth-order valence-corrected chi connectivity index (χ4v) is 1.43. The van der Waals surface area contributed by atoms with Crippen LogP contribution in [0.15, 0.2) is 0 Å². The minimum absolute atomic E-state index is 0.0708. The van der Waals surface area contributed by atoms with Crippen molar-refractivity contribution in [3.8, 4) is 0 Å². The summed E-state index contributed by atoms with van der Waals surface area (Å²) < 4.78 is 0. The van der Waals surface area contributed by atoms with E-state index in [0.717, 1.165) is 0 Å². The number of hydrogen-bond acceptors (Lipinski definition) is 2. The number of aliphatic carboxylic acids is 1. The highest BCUT2D eigenvalue weighted by molar-refractivity contribution is 5.82. The van der Waals surface area contributed by atoms with Crippen LogP contribution in [0.2, 0.25) is 0 Å². The molecule has 0 saturated heterocycles. The fourth-order valence-electron chi connectivity index (χ4n) is 1.43. The minimum Gasteiger partial charge on any atom is -0.480 e. The molecule has 0 heterocycles. The average molecular weight is 187 g/mol. The standard InChI is InChI=1S/C9H17NO3/c1-5-8(9(12)13)10(6(2)3)7(4)11/h6,8H,5H2,1-4H3,(H,12,13). The monoisotopic (exact) mass is 187 g/mol. The molecule has 1 N–H and O–H groups in total. The summed E-state index contributed by atoms with van der Waals surface area (Å²) in [5, 5.41) is 8.85. The predicted molar refractivity (Wildman–Crippen MR) is 49.4 cm³/mol. The molecule has 0 radical (unpaired) electrons. The molecule has 0 aliphatic rings. The van der Waals surface area contributed by atoms with Gasteiger partial charge in [-0.2, -0.15) is 0 Å². The van der Waals surface area contributed by atoms with Crippen LogP contribution in [-0.4, -0.2) is 34.0 Å². The van der Waals surface area contributed by atoms with Gasteiger partial charge in [0.2, 0.25) is 5.91 Å². The number of carbonyl (C=O) groups is 2. The van der Waals surface area contributed by atoms with Crippen molar-refractivity contribution in [2.24, 2.45) is 0 Å². The zero-order chi connectivity index (χ0) is 10.6. The SMILES string of the molecule is CCC(C(=O)O)N(C(C)=O)C(C)C. The first kappa shape index (κ1) is 11.9. The number of amides is 1. The molecule has 76 valence electrons. The first-order valence-electron chi connectivity index (χ1n) is 4.43. The maximum absolute atomic E-state index is 11.2. The third-order valence-corrected chi connectivity index (χ3v) is 1.93. The van der Waals surface area contributed by atoms with Crippen molar-refractivity contribution in [1.29, 1.82) is 0 Å². The lowest BCUT2D eigenvalue weighted by molar-refractivity contribution is -0.151. The summed E-state index contributed by atoms with van der Waals surface area (Å²) in [5.74, 6) is -1.13. The number of carbonyl (C=O) groups excluding carboxylic acids is 1. The van der Waals surface area contributed by atoms with Crippen molar-refractivity contribution in [1.82, 2.24) is 4.90 Å². The molecule has 0 aromatic carbocycles. The van der Waals surface area contributed by atoms with Crippen LogP contribution in [0.1, 0.15) is 34.1 Å². The van der Waals surface area contributed by atoms with Crippen LogP contribution < -0.4 is 0 Å². The van der Waals surface area contributed by atoms with Crippen LogP contribution in [0.25, 0.3) is 0 Å². The normalized spacial score (nSPS) is 12.7. The Balaban J connectivity index is 4.69. The van der Waals surface area contributed by atoms with Crippen LogP contribution in [0.5, 0.6) is 0 Å². The molecule has 1 atom stereocenters. The Labute approximate surface area is 78.5 Å². The summed E-state index contributed by atoms with van der Waals surface area (Å²) in [5.41, 5.74) is 0. The molecule has 4 heteroatoms. The van der Waals surface area contributed by atoms with Crippen LogP contribution in [0.3, 0.4) is 0 Å². The summed E-state index contributed by atoms with van der Waals surface area (Å²) in [6.45, 7) is 6.78. The van der Waals surface area contributed by atoms with Gasteiger partial charge in [0.25, 0.3) is 0 Å². The highest BCUT2D eigenvalue weighted by Gasteiger charge is 2.27. The fraction of sp³-hybridized carbons (Fsp3) is 0.778. The molecular formula is C9H17NO3. The molecule has 0 fully saturated rings. The summed E-state index contributed by atoms with van der Waals surface area (Å²) in [6.07, 6.45) is 0.438. The van der Waals surface area contributed by atoms with E-state index in [-0.39, 0.29) is 11.9 Å². The second-order valence-electron chi connectivity index (χ2n) is 3.28. The van der Waals surface area contributed by atoms with Crippen molar-refractivity contribution >= 4 is 11.9 Å². The Hall–Kier alpha value is -1.06. The number of rotatable bonds is 4. The van der Waals surface area contributed by atoms with E-state index in [1.165, 1.54) is 11.8 Å². The quantitative estimate of drug-likeness (QED) is 0.717. The summed E-state index contributed by atoms with van der Waals surface area (Å²) in [4.78, 5) is 23.3. The molecule has 1 amide bonds. The first-order valence-corrected chi connectivity index (χ1v) is 4.43. The smallest absolute Gasteiger partial charge is 0.326 e. The number of carboxylic acid groups (broad SMARTS) is 1. The van der Waals surface area contributed by atoms with E-state index in [0.29, 0.717) is 6.42 Å². The van der Waals surface area contributed by atoms with Gasteiger partial charge in [0, 0.05) is 13.0 Å². The van der Waals surface area contributed by atoms with E-state index < -0.39 is 12.0 Å². The Bertz CT molecular complexity index is 201. The highest BCUT2D eigenvalue weighted by Crippen LogP contribution is 2.09. The van der Waals surface area contributed by atoms with Gasteiger partial charge in [0.15, 0.2) is 0 Å². The van der Waals surface area contributed by atoms with E-state index in [9.17, 15) is 9.59 Å². The molecule has 0 aromatic heterocycles. The highest BCUT2D eigenvalue weighted by atomic mass is 16.4. The zero-order valence-corrected chi connectivity index (χ0v) is 8.57. The third-order valence-electron chi connectivity index (χ3n) is 1.93. The molecule has 0 aliphatic heterocycles. The number of hydrogen-bond donors (Lipinski definition) is 1. The topological polar surface area (TPSA) is 57.6 Å². The largest absolute Gasteiger partial charge is 0.480 e. The van der Waals surface area contributed by atoms with E-state index in [1.54, 1.807) is 6.92 Å². The number of nitrogens with zero attached hydrogens (tertiary/aromatic N) is 1. The van der Waals surface area contributed by atoms with Crippen molar-refractivity contribution < 1.29 is 14.7 Å². The van der Waals surface area contributed by atoms with E-state index in [1.807, 2.05) is 13.8 Å². The molecule has 0 rings (SSSR count). The maximum Gasteiger partial charge on any atom is 0.326 e. The van der Waals surface area contributed by atoms with Gasteiger partial charge in [-0.15, -0.1) is 0 Å². The van der Waals surface area contributed by atoms with Crippen molar-refractivity contribution in [2.45, 2.75) is 46.2 Å². The zero-order valence-electron chi connectivity index (χ0n) is 8.57. The lowest BCUT2D eigenvalue weighted by Gasteiger charge is -2.30. The van der Waals surface area contributed by atoms with Gasteiger partial charge in [-0.05, 0) is 20.3 Å². The van der Waals surface area contributed by atoms with Crippen molar-refractivity contribution in [3.63, 3.8) is 0 Å². The summed E-state index contributed by atoms with van der Waals surface area (Å²) >= 11 is 0. The second kappa shape index (κ2) is 4.84. The van der Waals surface area contributed by atoms with Crippen LogP contribution in [0, 0.1) is 0 Å². The third kappa shape index (κ3) is 3.05. The Morgan fingerprint density at radius 2 is 1.85 bits per heavy atom. The van der Waals surface area contributed by atoms with Gasteiger partial charge >= 0.3 is 5.97 Å².